The van der Waals surface area contributed by atoms with Crippen LogP contribution < -0.4 is 15.0 Å². The van der Waals surface area contributed by atoms with Crippen LogP contribution in [0, 0.1) is 17.3 Å². The van der Waals surface area contributed by atoms with Crippen LogP contribution in [0.15, 0.2) is 12.1 Å². The lowest BCUT2D eigenvalue weighted by Gasteiger charge is -2.48. The molecular weight excluding hydrogens is 364 g/mol. The molecule has 158 valence electrons. The molecule has 0 amide bonds. The smallest absolute Gasteiger partial charge is 0.188 e. The Morgan fingerprint density at radius 1 is 1.17 bits per heavy atom. The SMILES string of the molecule is COCOc1cc2c(cc1N1CCNCC1)C1CC[C@]3(C)C(=O)CCC3C1CC2. The standard InChI is InChI=1S/C24H34N2O3/c1-24-8-7-17-18(20(24)5-6-23(24)27)4-3-16-13-22(29-15-28-2)21(14-19(16)17)26-11-9-25-10-12-26/h13-14,17-18,20,25H,3-12,15H2,1-2H3/t17?,18?,20?,24-/m0/s1. The minimum absolute atomic E-state index is 0.0540. The van der Waals surface area contributed by atoms with Crippen molar-refractivity contribution in [2.45, 2.75) is 51.4 Å². The fourth-order valence-electron chi connectivity index (χ4n) is 6.75. The van der Waals surface area contributed by atoms with Crippen LogP contribution >= 0.6 is 0 Å². The molecule has 1 aromatic rings. The van der Waals surface area contributed by atoms with Crippen LogP contribution in [-0.2, 0) is 16.0 Å². The Bertz CT molecular complexity index is 789. The summed E-state index contributed by atoms with van der Waals surface area (Å²) in [7, 11) is 1.68. The number of nitrogens with one attached hydrogen (secondary N) is 1. The van der Waals surface area contributed by atoms with Gasteiger partial charge in [-0.05, 0) is 73.1 Å². The number of Topliss-reactive ketones (excluding diaryl/α,β-unsaturated/α-hetero) is 1. The Morgan fingerprint density at radius 3 is 2.79 bits per heavy atom. The zero-order valence-corrected chi connectivity index (χ0v) is 17.8. The van der Waals surface area contributed by atoms with Gasteiger partial charge >= 0.3 is 0 Å². The molecule has 5 heteroatoms. The molecule has 0 bridgehead atoms. The molecule has 5 nitrogen and oxygen atoms in total. The molecule has 3 fully saturated rings. The van der Waals surface area contributed by atoms with Gasteiger partial charge in [-0.3, -0.25) is 4.79 Å². The lowest BCUT2D eigenvalue weighted by molar-refractivity contribution is -0.129. The number of anilines is 1. The lowest BCUT2D eigenvalue weighted by atomic mass is 9.55. The number of aryl methyl sites for hydroxylation is 1. The van der Waals surface area contributed by atoms with Crippen molar-refractivity contribution in [3.63, 3.8) is 0 Å². The second-order valence-electron chi connectivity index (χ2n) is 9.64. The van der Waals surface area contributed by atoms with Crippen LogP contribution in [0.1, 0.15) is 56.1 Å². The van der Waals surface area contributed by atoms with E-state index in [-0.39, 0.29) is 12.2 Å². The van der Waals surface area contributed by atoms with E-state index in [4.69, 9.17) is 9.47 Å². The van der Waals surface area contributed by atoms with Gasteiger partial charge in [-0.2, -0.15) is 0 Å². The van der Waals surface area contributed by atoms with E-state index in [1.165, 1.54) is 23.2 Å². The summed E-state index contributed by atoms with van der Waals surface area (Å²) in [6, 6.07) is 4.72. The number of hydrogen-bond acceptors (Lipinski definition) is 5. The van der Waals surface area contributed by atoms with E-state index in [2.05, 4.69) is 29.3 Å². The number of carbonyl (C=O) groups is 1. The Labute approximate surface area is 174 Å². The number of carbonyl (C=O) groups excluding carboxylic acids is 1. The molecule has 0 aromatic heterocycles. The Balaban J connectivity index is 1.50. The van der Waals surface area contributed by atoms with Gasteiger partial charge < -0.3 is 19.7 Å². The predicted octanol–water partition coefficient (Wildman–Crippen LogP) is 3.50. The van der Waals surface area contributed by atoms with Gasteiger partial charge in [-0.1, -0.05) is 6.92 Å². The lowest BCUT2D eigenvalue weighted by Crippen LogP contribution is -2.44. The molecule has 29 heavy (non-hydrogen) atoms. The number of ketones is 1. The van der Waals surface area contributed by atoms with Crippen LogP contribution in [-0.4, -0.2) is 45.9 Å². The molecule has 1 aliphatic heterocycles. The molecule has 1 N–H and O–H groups in total. The molecule has 3 aliphatic carbocycles. The van der Waals surface area contributed by atoms with Crippen molar-refractivity contribution in [1.82, 2.24) is 5.32 Å². The highest BCUT2D eigenvalue weighted by molar-refractivity contribution is 5.87. The number of fused-ring (bicyclic) bond motifs is 5. The third-order valence-corrected chi connectivity index (χ3v) is 8.30. The second-order valence-corrected chi connectivity index (χ2v) is 9.64. The number of nitrogens with zero attached hydrogens (tertiary/aromatic N) is 1. The van der Waals surface area contributed by atoms with E-state index < -0.39 is 0 Å². The number of ether oxygens (including phenoxy) is 2. The summed E-state index contributed by atoms with van der Waals surface area (Å²) in [6.45, 7) is 6.57. The van der Waals surface area contributed by atoms with Crippen molar-refractivity contribution >= 4 is 11.5 Å². The van der Waals surface area contributed by atoms with Crippen molar-refractivity contribution in [2.75, 3.05) is 45.0 Å². The highest BCUT2D eigenvalue weighted by atomic mass is 16.7. The first kappa shape index (κ1) is 19.4. The number of benzene rings is 1. The van der Waals surface area contributed by atoms with Crippen LogP contribution in [0.25, 0.3) is 0 Å². The van der Waals surface area contributed by atoms with Crippen LogP contribution in [0.5, 0.6) is 5.75 Å². The van der Waals surface area contributed by atoms with Crippen molar-refractivity contribution in [3.8, 4) is 5.75 Å². The summed E-state index contributed by atoms with van der Waals surface area (Å²) < 4.78 is 11.2. The monoisotopic (exact) mass is 398 g/mol. The van der Waals surface area contributed by atoms with E-state index in [0.717, 1.165) is 64.0 Å². The normalized spacial score (nSPS) is 33.8. The third kappa shape index (κ3) is 3.17. The van der Waals surface area contributed by atoms with Gasteiger partial charge in [0.05, 0.1) is 5.69 Å². The summed E-state index contributed by atoms with van der Waals surface area (Å²) in [5.74, 6) is 3.32. The zero-order chi connectivity index (χ0) is 20.0. The van der Waals surface area contributed by atoms with Crippen molar-refractivity contribution in [2.24, 2.45) is 17.3 Å². The number of rotatable bonds is 4. The van der Waals surface area contributed by atoms with Gasteiger partial charge in [0.25, 0.3) is 0 Å². The van der Waals surface area contributed by atoms with E-state index >= 15 is 0 Å². The van der Waals surface area contributed by atoms with E-state index in [1.807, 2.05) is 0 Å². The molecule has 0 spiro atoms. The molecule has 4 aliphatic rings. The minimum Gasteiger partial charge on any atom is -0.465 e. The van der Waals surface area contributed by atoms with Crippen LogP contribution in [0.2, 0.25) is 0 Å². The molecule has 5 rings (SSSR count). The number of methoxy groups -OCH3 is 1. The summed E-state index contributed by atoms with van der Waals surface area (Å²) in [4.78, 5) is 15.1. The van der Waals surface area contributed by atoms with Gasteiger partial charge in [0.2, 0.25) is 0 Å². The first-order valence-electron chi connectivity index (χ1n) is 11.4. The Morgan fingerprint density at radius 2 is 2.00 bits per heavy atom. The molecule has 0 radical (unpaired) electrons. The van der Waals surface area contributed by atoms with Gasteiger partial charge in [-0.15, -0.1) is 0 Å². The second kappa shape index (κ2) is 7.59. The molecule has 2 saturated carbocycles. The highest BCUT2D eigenvalue weighted by Crippen LogP contribution is 2.60. The van der Waals surface area contributed by atoms with E-state index in [9.17, 15) is 4.79 Å². The quantitative estimate of drug-likeness (QED) is 0.787. The third-order valence-electron chi connectivity index (χ3n) is 8.30. The average molecular weight is 399 g/mol. The highest BCUT2D eigenvalue weighted by Gasteiger charge is 2.54. The molecule has 1 heterocycles. The minimum atomic E-state index is -0.0540. The maximum absolute atomic E-state index is 12.6. The van der Waals surface area contributed by atoms with Crippen molar-refractivity contribution < 1.29 is 14.3 Å². The Hall–Kier alpha value is -1.59. The van der Waals surface area contributed by atoms with Gasteiger partial charge in [0.15, 0.2) is 6.79 Å². The molecule has 3 unspecified atom stereocenters. The van der Waals surface area contributed by atoms with Crippen LogP contribution in [0.4, 0.5) is 5.69 Å². The topological polar surface area (TPSA) is 50.8 Å². The fraction of sp³-hybridized carbons (Fsp3) is 0.708. The maximum Gasteiger partial charge on any atom is 0.188 e. The first-order valence-corrected chi connectivity index (χ1v) is 11.4. The van der Waals surface area contributed by atoms with Crippen molar-refractivity contribution in [3.05, 3.63) is 23.3 Å². The van der Waals surface area contributed by atoms with Gasteiger partial charge in [0.1, 0.15) is 11.5 Å². The maximum atomic E-state index is 12.6. The molecule has 1 aromatic carbocycles. The number of hydrogen-bond donors (Lipinski definition) is 1. The molecular formula is C24H34N2O3. The van der Waals surface area contributed by atoms with Gasteiger partial charge in [0, 0.05) is 45.1 Å². The predicted molar refractivity (Wildman–Crippen MR) is 114 cm³/mol. The largest absolute Gasteiger partial charge is 0.465 e. The van der Waals surface area contributed by atoms with Crippen LogP contribution in [0.3, 0.4) is 0 Å². The van der Waals surface area contributed by atoms with E-state index in [1.54, 1.807) is 7.11 Å². The number of piperazine rings is 1. The van der Waals surface area contributed by atoms with E-state index in [0.29, 0.717) is 23.5 Å². The summed E-state index contributed by atoms with van der Waals surface area (Å²) >= 11 is 0. The zero-order valence-electron chi connectivity index (χ0n) is 17.8. The molecule has 4 atom stereocenters. The van der Waals surface area contributed by atoms with Crippen molar-refractivity contribution in [1.29, 1.82) is 0 Å². The molecule has 1 saturated heterocycles. The summed E-state index contributed by atoms with van der Waals surface area (Å²) in [6.07, 6.45) is 6.42. The fourth-order valence-corrected chi connectivity index (χ4v) is 6.75. The Kier molecular flexibility index (Phi) is 5.07. The first-order chi connectivity index (χ1) is 14.1. The average Bonchev–Trinajstić information content (AvgIpc) is 3.06. The van der Waals surface area contributed by atoms with Gasteiger partial charge in [-0.25, -0.2) is 0 Å². The summed E-state index contributed by atoms with van der Waals surface area (Å²) in [5.41, 5.74) is 4.14. The summed E-state index contributed by atoms with van der Waals surface area (Å²) in [5, 5.41) is 3.45.